The summed E-state index contributed by atoms with van der Waals surface area (Å²) in [7, 11) is 0. The molecule has 0 aliphatic carbocycles. The minimum Gasteiger partial charge on any atom is -0.338 e. The SMILES string of the molecule is Cc1cc(=O)[nH]c(NC(=O)NCC(CCCC(CCCC(CCC(C)C)CCC(C)C)CCCC(CCC(C)C)CCC(C)C)CCCC(CCCC(CCC(C)C)CCC(C)C)CCCC(CCC(C)C)CCC(C)C)n1. The van der Waals surface area contributed by atoms with Crippen molar-refractivity contribution in [3.63, 3.8) is 0 Å². The van der Waals surface area contributed by atoms with Gasteiger partial charge in [-0.2, -0.15) is 0 Å². The lowest BCUT2D eigenvalue weighted by atomic mass is 9.82. The van der Waals surface area contributed by atoms with Crippen LogP contribution in [0.15, 0.2) is 10.9 Å². The van der Waals surface area contributed by atoms with Gasteiger partial charge in [0.05, 0.1) is 0 Å². The summed E-state index contributed by atoms with van der Waals surface area (Å²) in [5.41, 5.74) is 0.355. The van der Waals surface area contributed by atoms with E-state index in [0.717, 1.165) is 82.9 Å². The third-order valence-electron chi connectivity index (χ3n) is 18.2. The molecule has 3 N–H and O–H groups in total. The normalized spacial score (nSPS) is 12.7. The Balaban J connectivity index is 3.38. The molecule has 1 aromatic rings. The number of carbonyl (C=O) groups excluding carboxylic acids is 1. The van der Waals surface area contributed by atoms with Gasteiger partial charge in [0, 0.05) is 18.3 Å². The summed E-state index contributed by atoms with van der Waals surface area (Å²) in [6.07, 6.45) is 46.2. The number of urea groups is 1. The number of carbonyl (C=O) groups is 1. The average molecular weight is 1090 g/mol. The van der Waals surface area contributed by atoms with E-state index in [1.165, 1.54) is 224 Å². The lowest BCUT2D eigenvalue weighted by molar-refractivity contribution is 0.247. The zero-order valence-electron chi connectivity index (χ0n) is 55.8. The van der Waals surface area contributed by atoms with E-state index >= 15 is 0 Å². The summed E-state index contributed by atoms with van der Waals surface area (Å²) in [6.45, 7) is 40.9. The number of nitrogens with zero attached hydrogens (tertiary/aromatic N) is 1. The fourth-order valence-corrected chi connectivity index (χ4v) is 12.7. The number of hydrogen-bond donors (Lipinski definition) is 3. The Kier molecular flexibility index (Phi) is 43.4. The van der Waals surface area contributed by atoms with Gasteiger partial charge in [0.15, 0.2) is 0 Å². The molecule has 1 rings (SSSR count). The van der Waals surface area contributed by atoms with Crippen LogP contribution in [0.2, 0.25) is 0 Å². The van der Waals surface area contributed by atoms with E-state index in [0.29, 0.717) is 18.2 Å². The first-order chi connectivity index (χ1) is 37.0. The van der Waals surface area contributed by atoms with Gasteiger partial charge in [0.1, 0.15) is 0 Å². The highest BCUT2D eigenvalue weighted by Gasteiger charge is 2.21. The zero-order chi connectivity index (χ0) is 58.3. The Morgan fingerprint density at radius 2 is 0.577 bits per heavy atom. The Bertz CT molecular complexity index is 1400. The standard InChI is InChI=1S/C72H140N4O2/c1-54(2)36-44-65(45-37-55(3)4)30-18-24-63(25-19-31-66(46-38-56(5)6)47-39-57(7)8)28-22-34-69(53-73-72(78)76-71-74-62(17)52-70(77)75-71)35-23-29-64(26-20-32-67(48-40-58(9)10)49-41-59(11)12)27-21-33-68(50-42-60(13)14)51-43-61(15)16/h52,54-61,63-69H,18-51,53H2,1-17H3,(H3,73,74,75,76,77,78). The van der Waals surface area contributed by atoms with E-state index in [2.05, 4.69) is 131 Å². The van der Waals surface area contributed by atoms with Crippen molar-refractivity contribution in [1.29, 1.82) is 0 Å². The molecule has 0 unspecified atom stereocenters. The largest absolute Gasteiger partial charge is 0.338 e. The van der Waals surface area contributed by atoms with Crippen molar-refractivity contribution < 1.29 is 4.79 Å². The van der Waals surface area contributed by atoms with Crippen LogP contribution in [0, 0.1) is 95.7 Å². The molecule has 6 heteroatoms. The van der Waals surface area contributed by atoms with Gasteiger partial charge in [-0.05, 0) is 109 Å². The molecule has 0 aromatic carbocycles. The van der Waals surface area contributed by atoms with E-state index in [1.54, 1.807) is 6.92 Å². The van der Waals surface area contributed by atoms with Crippen LogP contribution < -0.4 is 16.2 Å². The van der Waals surface area contributed by atoms with Crippen molar-refractivity contribution in [2.45, 2.75) is 336 Å². The molecule has 2 amide bonds. The first-order valence-electron chi connectivity index (χ1n) is 34.6. The number of hydrogen-bond acceptors (Lipinski definition) is 3. The maximum Gasteiger partial charge on any atom is 0.321 e. The fraction of sp³-hybridized carbons (Fsp3) is 0.931. The first kappa shape index (κ1) is 74.2. The summed E-state index contributed by atoms with van der Waals surface area (Å²) in [6, 6.07) is 1.19. The van der Waals surface area contributed by atoms with Gasteiger partial charge in [0.2, 0.25) is 5.95 Å². The predicted molar refractivity (Wildman–Crippen MR) is 347 cm³/mol. The first-order valence-corrected chi connectivity index (χ1v) is 34.6. The van der Waals surface area contributed by atoms with Gasteiger partial charge >= 0.3 is 6.03 Å². The van der Waals surface area contributed by atoms with Crippen LogP contribution in [-0.2, 0) is 0 Å². The molecule has 0 fully saturated rings. The van der Waals surface area contributed by atoms with E-state index < -0.39 is 0 Å². The van der Waals surface area contributed by atoms with Crippen LogP contribution in [0.4, 0.5) is 10.7 Å². The van der Waals surface area contributed by atoms with Crippen molar-refractivity contribution in [2.24, 2.45) is 88.8 Å². The fourth-order valence-electron chi connectivity index (χ4n) is 12.7. The molecular weight excluding hydrogens is 953 g/mol. The van der Waals surface area contributed by atoms with Crippen LogP contribution >= 0.6 is 0 Å². The zero-order valence-corrected chi connectivity index (χ0v) is 55.8. The third-order valence-corrected chi connectivity index (χ3v) is 18.2. The Hall–Kier alpha value is -1.85. The van der Waals surface area contributed by atoms with Crippen LogP contribution in [0.25, 0.3) is 0 Å². The highest BCUT2D eigenvalue weighted by Crippen LogP contribution is 2.34. The van der Waals surface area contributed by atoms with E-state index in [9.17, 15) is 9.59 Å². The molecule has 0 bridgehead atoms. The summed E-state index contributed by atoms with van der Waals surface area (Å²) in [5.74, 6) is 12.0. The molecule has 0 atom stereocenters. The molecule has 0 aliphatic heterocycles. The van der Waals surface area contributed by atoms with E-state index in [-0.39, 0.29) is 17.5 Å². The predicted octanol–water partition coefficient (Wildman–Crippen LogP) is 23.0. The number of aryl methyl sites for hydroxylation is 1. The van der Waals surface area contributed by atoms with Gasteiger partial charge in [-0.3, -0.25) is 15.1 Å². The summed E-state index contributed by atoms with van der Waals surface area (Å²) < 4.78 is 0. The smallest absolute Gasteiger partial charge is 0.321 e. The molecular formula is C72H140N4O2. The van der Waals surface area contributed by atoms with Crippen molar-refractivity contribution in [3.05, 3.63) is 22.1 Å². The third kappa shape index (κ3) is 43.8. The lowest BCUT2D eigenvalue weighted by Crippen LogP contribution is -2.34. The molecule has 6 nitrogen and oxygen atoms in total. The van der Waals surface area contributed by atoms with Gasteiger partial charge in [0.25, 0.3) is 5.56 Å². The van der Waals surface area contributed by atoms with Crippen molar-refractivity contribution >= 4 is 12.0 Å². The average Bonchev–Trinajstić information content (AvgIpc) is 3.34. The quantitative estimate of drug-likeness (QED) is 0.0607. The summed E-state index contributed by atoms with van der Waals surface area (Å²) >= 11 is 0. The van der Waals surface area contributed by atoms with E-state index in [4.69, 9.17) is 0 Å². The van der Waals surface area contributed by atoms with Crippen molar-refractivity contribution in [2.75, 3.05) is 11.9 Å². The van der Waals surface area contributed by atoms with Crippen molar-refractivity contribution in [3.8, 4) is 0 Å². The van der Waals surface area contributed by atoms with E-state index in [1.807, 2.05) is 0 Å². The highest BCUT2D eigenvalue weighted by atomic mass is 16.2. The molecule has 78 heavy (non-hydrogen) atoms. The summed E-state index contributed by atoms with van der Waals surface area (Å²) in [5, 5.41) is 6.14. The molecule has 1 aromatic heterocycles. The molecule has 0 aliphatic rings. The number of aromatic amines is 1. The minimum absolute atomic E-state index is 0.220. The van der Waals surface area contributed by atoms with Crippen molar-refractivity contribution in [1.82, 2.24) is 15.3 Å². The number of H-pyrrole nitrogens is 1. The minimum atomic E-state index is -0.271. The molecule has 0 radical (unpaired) electrons. The second-order valence-corrected chi connectivity index (χ2v) is 30.0. The second-order valence-electron chi connectivity index (χ2n) is 30.0. The van der Waals surface area contributed by atoms with Crippen LogP contribution in [0.3, 0.4) is 0 Å². The number of rotatable bonds is 51. The van der Waals surface area contributed by atoms with Gasteiger partial charge in [-0.15, -0.1) is 0 Å². The molecule has 0 saturated carbocycles. The molecule has 1 heterocycles. The van der Waals surface area contributed by atoms with Gasteiger partial charge < -0.3 is 5.32 Å². The maximum absolute atomic E-state index is 13.5. The van der Waals surface area contributed by atoms with Crippen LogP contribution in [0.5, 0.6) is 0 Å². The highest BCUT2D eigenvalue weighted by molar-refractivity contribution is 5.87. The molecule has 0 spiro atoms. The lowest BCUT2D eigenvalue weighted by Gasteiger charge is -2.25. The van der Waals surface area contributed by atoms with Gasteiger partial charge in [-0.25, -0.2) is 9.78 Å². The van der Waals surface area contributed by atoms with Gasteiger partial charge in [-0.1, -0.05) is 316 Å². The Morgan fingerprint density at radius 3 is 0.795 bits per heavy atom. The molecule has 460 valence electrons. The number of nitrogens with one attached hydrogen (secondary N) is 3. The number of aromatic nitrogens is 2. The number of amides is 2. The topological polar surface area (TPSA) is 86.9 Å². The Morgan fingerprint density at radius 1 is 0.359 bits per heavy atom. The number of anilines is 1. The van der Waals surface area contributed by atoms with Crippen LogP contribution in [0.1, 0.15) is 335 Å². The second kappa shape index (κ2) is 45.6. The maximum atomic E-state index is 13.5. The summed E-state index contributed by atoms with van der Waals surface area (Å²) in [4.78, 5) is 32.8. The Labute approximate surface area is 488 Å². The van der Waals surface area contributed by atoms with Crippen LogP contribution in [-0.4, -0.2) is 22.5 Å². The monoisotopic (exact) mass is 1090 g/mol. The molecule has 0 saturated heterocycles.